The van der Waals surface area contributed by atoms with Crippen molar-refractivity contribution in [2.75, 3.05) is 25.5 Å². The lowest BCUT2D eigenvalue weighted by atomic mass is 10.1. The van der Waals surface area contributed by atoms with E-state index in [2.05, 4.69) is 15.3 Å². The highest BCUT2D eigenvalue weighted by molar-refractivity contribution is 5.93. The third-order valence-corrected chi connectivity index (χ3v) is 4.74. The Kier molecular flexibility index (Phi) is 7.14. The van der Waals surface area contributed by atoms with Crippen LogP contribution in [0.5, 0.6) is 5.75 Å². The van der Waals surface area contributed by atoms with Gasteiger partial charge in [0.25, 0.3) is 5.56 Å². The summed E-state index contributed by atoms with van der Waals surface area (Å²) in [7, 11) is 1.50. The Morgan fingerprint density at radius 3 is 2.66 bits per heavy atom. The number of anilines is 1. The second-order valence-corrected chi connectivity index (χ2v) is 7.20. The van der Waals surface area contributed by atoms with E-state index in [9.17, 15) is 22.8 Å². The van der Waals surface area contributed by atoms with Crippen molar-refractivity contribution in [1.82, 2.24) is 14.9 Å². The molecule has 2 aromatic carbocycles. The number of aromatic nitrogens is 2. The summed E-state index contributed by atoms with van der Waals surface area (Å²) < 4.78 is 44.3. The number of H-pyrrole nitrogens is 1. The van der Waals surface area contributed by atoms with E-state index in [-0.39, 0.29) is 35.7 Å². The lowest BCUT2D eigenvalue weighted by Gasteiger charge is -2.21. The van der Waals surface area contributed by atoms with Gasteiger partial charge in [0.2, 0.25) is 5.91 Å². The van der Waals surface area contributed by atoms with Crippen molar-refractivity contribution < 1.29 is 22.7 Å². The number of hydrogen-bond acceptors (Lipinski definition) is 5. The van der Waals surface area contributed by atoms with Crippen LogP contribution in [-0.4, -0.2) is 41.0 Å². The second-order valence-electron chi connectivity index (χ2n) is 7.20. The molecular weight excluding hydrogens is 425 g/mol. The Hall–Kier alpha value is -3.40. The normalized spacial score (nSPS) is 11.7. The van der Waals surface area contributed by atoms with Crippen molar-refractivity contribution in [1.29, 1.82) is 0 Å². The van der Waals surface area contributed by atoms with Gasteiger partial charge < -0.3 is 15.0 Å². The zero-order valence-corrected chi connectivity index (χ0v) is 17.6. The van der Waals surface area contributed by atoms with Crippen LogP contribution in [0.3, 0.4) is 0 Å². The minimum absolute atomic E-state index is 0.00374. The molecule has 0 spiro atoms. The molecule has 0 radical (unpaired) electrons. The first kappa shape index (κ1) is 23.3. The van der Waals surface area contributed by atoms with Crippen LogP contribution < -0.4 is 15.6 Å². The molecule has 2 N–H and O–H groups in total. The lowest BCUT2D eigenvalue weighted by molar-refractivity contribution is -0.137. The summed E-state index contributed by atoms with van der Waals surface area (Å²) in [5.41, 5.74) is -0.939. The Labute approximate surface area is 182 Å². The van der Waals surface area contributed by atoms with Gasteiger partial charge in [0, 0.05) is 0 Å². The van der Waals surface area contributed by atoms with E-state index in [1.807, 2.05) is 6.92 Å². The summed E-state index contributed by atoms with van der Waals surface area (Å²) in [6.07, 6.45) is -3.82. The molecule has 1 amide bonds. The molecule has 0 saturated carbocycles. The molecule has 1 aromatic heterocycles. The number of rotatable bonds is 8. The number of methoxy groups -OCH3 is 1. The summed E-state index contributed by atoms with van der Waals surface area (Å²) in [4.78, 5) is 33.5. The molecule has 10 heteroatoms. The minimum Gasteiger partial charge on any atom is -0.495 e. The van der Waals surface area contributed by atoms with E-state index in [1.54, 1.807) is 29.2 Å². The van der Waals surface area contributed by atoms with E-state index < -0.39 is 17.3 Å². The maximum Gasteiger partial charge on any atom is 0.416 e. The van der Waals surface area contributed by atoms with Crippen molar-refractivity contribution in [2.24, 2.45) is 0 Å². The molecule has 3 aromatic rings. The van der Waals surface area contributed by atoms with Gasteiger partial charge in [-0.1, -0.05) is 19.1 Å². The third-order valence-electron chi connectivity index (χ3n) is 4.74. The van der Waals surface area contributed by atoms with Crippen molar-refractivity contribution >= 4 is 22.5 Å². The first-order chi connectivity index (χ1) is 15.2. The highest BCUT2D eigenvalue weighted by Gasteiger charge is 2.30. The number of amides is 1. The molecule has 0 aliphatic heterocycles. The Morgan fingerprint density at radius 2 is 1.97 bits per heavy atom. The van der Waals surface area contributed by atoms with Gasteiger partial charge in [-0.15, -0.1) is 0 Å². The van der Waals surface area contributed by atoms with Gasteiger partial charge in [-0.05, 0) is 43.3 Å². The summed E-state index contributed by atoms with van der Waals surface area (Å²) in [5, 5.41) is 2.85. The topological polar surface area (TPSA) is 87.3 Å². The number of alkyl halides is 3. The van der Waals surface area contributed by atoms with E-state index in [0.29, 0.717) is 18.0 Å². The SMILES string of the molecule is CCCN(CC(=O)Nc1ccccc1OC)Cc1nc2cc(C(F)(F)F)ccc2c(=O)[nH]1. The maximum absolute atomic E-state index is 13.0. The number of nitrogens with zero attached hydrogens (tertiary/aromatic N) is 2. The molecule has 0 aliphatic carbocycles. The fourth-order valence-electron chi connectivity index (χ4n) is 3.32. The fraction of sp³-hybridized carbons (Fsp3) is 0.318. The number of carbonyl (C=O) groups excluding carboxylic acids is 1. The van der Waals surface area contributed by atoms with E-state index in [1.165, 1.54) is 7.11 Å². The van der Waals surface area contributed by atoms with Crippen molar-refractivity contribution in [2.45, 2.75) is 26.1 Å². The van der Waals surface area contributed by atoms with Crippen LogP contribution in [0.4, 0.5) is 18.9 Å². The maximum atomic E-state index is 13.0. The Morgan fingerprint density at radius 1 is 1.22 bits per heavy atom. The molecule has 1 heterocycles. The molecule has 0 aliphatic rings. The number of ether oxygens (including phenoxy) is 1. The summed E-state index contributed by atoms with van der Waals surface area (Å²) in [5.74, 6) is 0.398. The van der Waals surface area contributed by atoms with E-state index in [0.717, 1.165) is 24.6 Å². The average molecular weight is 448 g/mol. The van der Waals surface area contributed by atoms with Gasteiger partial charge >= 0.3 is 6.18 Å². The van der Waals surface area contributed by atoms with E-state index in [4.69, 9.17) is 4.74 Å². The number of halogens is 3. The molecule has 0 unspecified atom stereocenters. The molecule has 0 atom stereocenters. The number of hydrogen-bond donors (Lipinski definition) is 2. The molecule has 0 fully saturated rings. The zero-order valence-electron chi connectivity index (χ0n) is 17.6. The molecular formula is C22H23F3N4O3. The number of carbonyl (C=O) groups is 1. The number of fused-ring (bicyclic) bond motifs is 1. The van der Waals surface area contributed by atoms with Crippen LogP contribution in [0, 0.1) is 0 Å². The third kappa shape index (κ3) is 5.64. The number of para-hydroxylation sites is 2. The van der Waals surface area contributed by atoms with Crippen LogP contribution in [0.1, 0.15) is 24.7 Å². The average Bonchev–Trinajstić information content (AvgIpc) is 2.73. The fourth-order valence-corrected chi connectivity index (χ4v) is 3.32. The predicted molar refractivity (Wildman–Crippen MR) is 115 cm³/mol. The second kappa shape index (κ2) is 9.82. The zero-order chi connectivity index (χ0) is 23.3. The highest BCUT2D eigenvalue weighted by Crippen LogP contribution is 2.30. The summed E-state index contributed by atoms with van der Waals surface area (Å²) >= 11 is 0. The monoisotopic (exact) mass is 448 g/mol. The molecule has 170 valence electrons. The van der Waals surface area contributed by atoms with Crippen LogP contribution in [0.15, 0.2) is 47.3 Å². The molecule has 0 saturated heterocycles. The van der Waals surface area contributed by atoms with Crippen molar-refractivity contribution in [3.8, 4) is 5.75 Å². The Bertz CT molecular complexity index is 1160. The highest BCUT2D eigenvalue weighted by atomic mass is 19.4. The van der Waals surface area contributed by atoms with Gasteiger partial charge in [-0.3, -0.25) is 14.5 Å². The predicted octanol–water partition coefficient (Wildman–Crippen LogP) is 3.80. The van der Waals surface area contributed by atoms with Crippen LogP contribution >= 0.6 is 0 Å². The molecule has 0 bridgehead atoms. The van der Waals surface area contributed by atoms with Crippen molar-refractivity contribution in [3.63, 3.8) is 0 Å². The Balaban J connectivity index is 1.80. The lowest BCUT2D eigenvalue weighted by Crippen LogP contribution is -2.34. The van der Waals surface area contributed by atoms with Crippen molar-refractivity contribution in [3.05, 3.63) is 64.2 Å². The quantitative estimate of drug-likeness (QED) is 0.547. The first-order valence-corrected chi connectivity index (χ1v) is 9.96. The largest absolute Gasteiger partial charge is 0.495 e. The van der Waals surface area contributed by atoms with Gasteiger partial charge in [-0.25, -0.2) is 4.98 Å². The van der Waals surface area contributed by atoms with Gasteiger partial charge in [-0.2, -0.15) is 13.2 Å². The molecule has 7 nitrogen and oxygen atoms in total. The van der Waals surface area contributed by atoms with Crippen LogP contribution in [-0.2, 0) is 17.5 Å². The van der Waals surface area contributed by atoms with Gasteiger partial charge in [0.05, 0.1) is 42.4 Å². The van der Waals surface area contributed by atoms with Crippen LogP contribution in [0.25, 0.3) is 10.9 Å². The summed E-state index contributed by atoms with van der Waals surface area (Å²) in [6.45, 7) is 2.53. The van der Waals surface area contributed by atoms with Gasteiger partial charge in [0.1, 0.15) is 11.6 Å². The van der Waals surface area contributed by atoms with Crippen LogP contribution in [0.2, 0.25) is 0 Å². The summed E-state index contributed by atoms with van der Waals surface area (Å²) in [6, 6.07) is 9.79. The number of nitrogens with one attached hydrogen (secondary N) is 2. The smallest absolute Gasteiger partial charge is 0.416 e. The number of aromatic amines is 1. The van der Waals surface area contributed by atoms with Gasteiger partial charge in [0.15, 0.2) is 0 Å². The molecule has 3 rings (SSSR count). The molecule has 32 heavy (non-hydrogen) atoms. The number of benzene rings is 2. The van der Waals surface area contributed by atoms with E-state index >= 15 is 0 Å². The minimum atomic E-state index is -4.54. The first-order valence-electron chi connectivity index (χ1n) is 9.96. The standard InChI is InChI=1S/C22H23F3N4O3/c1-3-10-29(13-20(30)27-16-6-4-5-7-18(16)32-2)12-19-26-17-11-14(22(23,24)25)8-9-15(17)21(31)28-19/h4-9,11H,3,10,12-13H2,1-2H3,(H,27,30)(H,26,28,31).